The Hall–Kier alpha value is -2.68. The molecule has 6 nitrogen and oxygen atoms in total. The largest absolute Gasteiger partial charge is 0.352 e. The highest BCUT2D eigenvalue weighted by Gasteiger charge is 2.21. The van der Waals surface area contributed by atoms with E-state index in [9.17, 15) is 0 Å². The lowest BCUT2D eigenvalue weighted by Crippen LogP contribution is -2.26. The fourth-order valence-corrected chi connectivity index (χ4v) is 2.40. The number of benzene rings is 1. The summed E-state index contributed by atoms with van der Waals surface area (Å²) >= 11 is 0. The Morgan fingerprint density at radius 1 is 1.30 bits per heavy atom. The molecular weight excluding hydrogens is 252 g/mol. The molecule has 0 unspecified atom stereocenters. The van der Waals surface area contributed by atoms with Gasteiger partial charge in [-0.25, -0.2) is 9.67 Å². The number of hydrogen-bond acceptors (Lipinski definition) is 4. The maximum atomic E-state index is 8.71. The summed E-state index contributed by atoms with van der Waals surface area (Å²) in [6.07, 6.45) is 5.31. The quantitative estimate of drug-likeness (QED) is 0.793. The molecule has 0 saturated carbocycles. The van der Waals surface area contributed by atoms with Crippen LogP contribution in [0.15, 0.2) is 41.7 Å². The molecule has 20 heavy (non-hydrogen) atoms. The second kappa shape index (κ2) is 5.53. The van der Waals surface area contributed by atoms with E-state index in [4.69, 9.17) is 5.26 Å². The smallest absolute Gasteiger partial charge is 0.207 e. The van der Waals surface area contributed by atoms with Crippen molar-refractivity contribution in [2.45, 2.75) is 19.4 Å². The van der Waals surface area contributed by atoms with Crippen LogP contribution < -0.4 is 0 Å². The minimum Gasteiger partial charge on any atom is -0.352 e. The van der Waals surface area contributed by atoms with Gasteiger partial charge in [0.25, 0.3) is 0 Å². The Balaban J connectivity index is 1.85. The van der Waals surface area contributed by atoms with Crippen LogP contribution in [0.4, 0.5) is 0 Å². The number of nitrogens with zero attached hydrogens (tertiary/aromatic N) is 6. The maximum Gasteiger partial charge on any atom is 0.207 e. The van der Waals surface area contributed by atoms with Crippen molar-refractivity contribution in [2.24, 2.45) is 4.99 Å². The Bertz CT molecular complexity index is 652. The molecule has 2 aromatic rings. The molecule has 1 aromatic heterocycles. The third-order valence-electron chi connectivity index (χ3n) is 3.32. The van der Waals surface area contributed by atoms with E-state index in [0.29, 0.717) is 6.54 Å². The fourth-order valence-electron chi connectivity index (χ4n) is 2.40. The topological polar surface area (TPSA) is 70.1 Å². The number of amidine groups is 1. The van der Waals surface area contributed by atoms with Crippen LogP contribution in [0.2, 0.25) is 0 Å². The van der Waals surface area contributed by atoms with Gasteiger partial charge in [0.2, 0.25) is 6.19 Å². The molecule has 1 aliphatic heterocycles. The number of para-hydroxylation sites is 1. The lowest BCUT2D eigenvalue weighted by molar-refractivity contribution is 0.429. The summed E-state index contributed by atoms with van der Waals surface area (Å²) in [6, 6.07) is 9.90. The van der Waals surface area contributed by atoms with Gasteiger partial charge < -0.3 is 4.90 Å². The van der Waals surface area contributed by atoms with Crippen LogP contribution >= 0.6 is 0 Å². The van der Waals surface area contributed by atoms with Crippen molar-refractivity contribution in [2.75, 3.05) is 6.54 Å². The van der Waals surface area contributed by atoms with E-state index in [0.717, 1.165) is 36.7 Å². The Morgan fingerprint density at radius 3 is 2.95 bits per heavy atom. The lowest BCUT2D eigenvalue weighted by Gasteiger charge is -2.17. The fraction of sp³-hybridized carbons (Fsp3) is 0.286. The summed E-state index contributed by atoms with van der Waals surface area (Å²) in [5.41, 5.74) is 0.984. The molecule has 3 rings (SSSR count). The monoisotopic (exact) mass is 266 g/mol. The minimum absolute atomic E-state index is 0.620. The van der Waals surface area contributed by atoms with Crippen molar-refractivity contribution >= 4 is 5.84 Å². The highest BCUT2D eigenvalue weighted by molar-refractivity contribution is 5.84. The Labute approximate surface area is 117 Å². The molecule has 1 fully saturated rings. The number of likely N-dealkylation sites (tertiary alicyclic amines) is 1. The SMILES string of the molecule is N#CN=C1CCCN1Cc1ncnn1-c1ccccc1. The molecule has 0 spiro atoms. The summed E-state index contributed by atoms with van der Waals surface area (Å²) < 4.78 is 1.82. The van der Waals surface area contributed by atoms with E-state index < -0.39 is 0 Å². The van der Waals surface area contributed by atoms with Crippen LogP contribution in [0.1, 0.15) is 18.7 Å². The Morgan fingerprint density at radius 2 is 2.15 bits per heavy atom. The second-order valence-electron chi connectivity index (χ2n) is 4.58. The molecule has 0 bridgehead atoms. The molecule has 1 aliphatic rings. The van der Waals surface area contributed by atoms with Gasteiger partial charge in [-0.05, 0) is 18.6 Å². The van der Waals surface area contributed by atoms with Crippen molar-refractivity contribution in [3.05, 3.63) is 42.5 Å². The molecular formula is C14H14N6. The number of aromatic nitrogens is 3. The lowest BCUT2D eigenvalue weighted by atomic mass is 10.3. The van der Waals surface area contributed by atoms with Crippen molar-refractivity contribution in [1.82, 2.24) is 19.7 Å². The number of hydrogen-bond donors (Lipinski definition) is 0. The first kappa shape index (κ1) is 12.4. The highest BCUT2D eigenvalue weighted by atomic mass is 15.4. The first-order valence-electron chi connectivity index (χ1n) is 6.53. The van der Waals surface area contributed by atoms with Gasteiger partial charge in [0.1, 0.15) is 12.2 Å². The molecule has 0 amide bonds. The average Bonchev–Trinajstić information content (AvgIpc) is 3.11. The molecule has 1 saturated heterocycles. The standard InChI is InChI=1S/C14H14N6/c15-10-16-13-7-4-8-19(13)9-14-17-11-18-20(14)12-5-2-1-3-6-12/h1-3,5-6,11H,4,7-9H2. The molecule has 1 aromatic carbocycles. The second-order valence-corrected chi connectivity index (χ2v) is 4.58. The van der Waals surface area contributed by atoms with Gasteiger partial charge >= 0.3 is 0 Å². The zero-order valence-corrected chi connectivity index (χ0v) is 11.0. The molecule has 100 valence electrons. The normalized spacial score (nSPS) is 16.6. The molecule has 0 radical (unpaired) electrons. The highest BCUT2D eigenvalue weighted by Crippen LogP contribution is 2.16. The first-order valence-corrected chi connectivity index (χ1v) is 6.53. The molecule has 6 heteroatoms. The van der Waals surface area contributed by atoms with Crippen molar-refractivity contribution < 1.29 is 0 Å². The van der Waals surface area contributed by atoms with Gasteiger partial charge in [-0.1, -0.05) is 18.2 Å². The summed E-state index contributed by atoms with van der Waals surface area (Å²) in [5.74, 6) is 1.69. The Kier molecular flexibility index (Phi) is 3.42. The third kappa shape index (κ3) is 2.38. The zero-order chi connectivity index (χ0) is 13.8. The van der Waals surface area contributed by atoms with E-state index in [1.54, 1.807) is 6.33 Å². The van der Waals surface area contributed by atoms with Crippen LogP contribution in [0, 0.1) is 11.5 Å². The maximum absolute atomic E-state index is 8.71. The van der Waals surface area contributed by atoms with Crippen LogP contribution in [-0.4, -0.2) is 32.0 Å². The van der Waals surface area contributed by atoms with Crippen LogP contribution in [0.5, 0.6) is 0 Å². The number of nitriles is 1. The van der Waals surface area contributed by atoms with Crippen LogP contribution in [-0.2, 0) is 6.54 Å². The van der Waals surface area contributed by atoms with Gasteiger partial charge in [-0.3, -0.25) is 0 Å². The van der Waals surface area contributed by atoms with E-state index in [1.807, 2.05) is 41.2 Å². The van der Waals surface area contributed by atoms with Crippen molar-refractivity contribution in [1.29, 1.82) is 5.26 Å². The summed E-state index contributed by atoms with van der Waals surface area (Å²) in [5, 5.41) is 13.0. The van der Waals surface area contributed by atoms with E-state index in [1.165, 1.54) is 0 Å². The number of aliphatic imine (C=N–C) groups is 1. The first-order chi connectivity index (χ1) is 9.88. The predicted molar refractivity (Wildman–Crippen MR) is 74.1 cm³/mol. The summed E-state index contributed by atoms with van der Waals surface area (Å²) in [6.45, 7) is 1.53. The summed E-state index contributed by atoms with van der Waals surface area (Å²) in [4.78, 5) is 10.3. The molecule has 0 aliphatic carbocycles. The van der Waals surface area contributed by atoms with E-state index >= 15 is 0 Å². The van der Waals surface area contributed by atoms with Gasteiger partial charge in [0.15, 0.2) is 5.82 Å². The van der Waals surface area contributed by atoms with Gasteiger partial charge in [-0.15, -0.1) is 0 Å². The zero-order valence-electron chi connectivity index (χ0n) is 11.0. The minimum atomic E-state index is 0.620. The number of rotatable bonds is 3. The van der Waals surface area contributed by atoms with Gasteiger partial charge in [0, 0.05) is 13.0 Å². The van der Waals surface area contributed by atoms with Crippen LogP contribution in [0.25, 0.3) is 5.69 Å². The van der Waals surface area contributed by atoms with Crippen LogP contribution in [0.3, 0.4) is 0 Å². The van der Waals surface area contributed by atoms with Gasteiger partial charge in [0.05, 0.1) is 12.2 Å². The van der Waals surface area contributed by atoms with Crippen molar-refractivity contribution in [3.63, 3.8) is 0 Å². The average molecular weight is 266 g/mol. The predicted octanol–water partition coefficient (Wildman–Crippen LogP) is 1.74. The van der Waals surface area contributed by atoms with E-state index in [-0.39, 0.29) is 0 Å². The van der Waals surface area contributed by atoms with Gasteiger partial charge in [-0.2, -0.15) is 15.4 Å². The van der Waals surface area contributed by atoms with E-state index in [2.05, 4.69) is 20.0 Å². The molecule has 0 N–H and O–H groups in total. The third-order valence-corrected chi connectivity index (χ3v) is 3.32. The summed E-state index contributed by atoms with van der Waals surface area (Å²) in [7, 11) is 0. The molecule has 2 heterocycles. The molecule has 0 atom stereocenters. The van der Waals surface area contributed by atoms with Crippen molar-refractivity contribution in [3.8, 4) is 11.9 Å².